The highest BCUT2D eigenvalue weighted by atomic mass is 32.1. The molecule has 1 aliphatic heterocycles. The molecule has 1 saturated heterocycles. The molecular formula is C27H50N4O7S. The van der Waals surface area contributed by atoms with E-state index in [1.165, 1.54) is 0 Å². The van der Waals surface area contributed by atoms with Gasteiger partial charge in [-0.2, -0.15) is 12.6 Å². The summed E-state index contributed by atoms with van der Waals surface area (Å²) < 4.78 is -0.290. The van der Waals surface area contributed by atoms with Crippen molar-refractivity contribution in [2.45, 2.75) is 84.6 Å². The molecule has 4 N–H and O–H groups in total. The fraction of sp³-hybridized carbons (Fsp3) is 0.852. The van der Waals surface area contributed by atoms with Gasteiger partial charge in [-0.05, 0) is 32.1 Å². The fourth-order valence-electron chi connectivity index (χ4n) is 6.02. The van der Waals surface area contributed by atoms with E-state index in [0.717, 1.165) is 0 Å². The fourth-order valence-corrected chi connectivity index (χ4v) is 6.41. The minimum Gasteiger partial charge on any atom is -0.480 e. The van der Waals surface area contributed by atoms with Gasteiger partial charge in [-0.1, -0.05) is 41.5 Å². The van der Waals surface area contributed by atoms with Crippen molar-refractivity contribution in [3.63, 3.8) is 0 Å². The van der Waals surface area contributed by atoms with Crippen molar-refractivity contribution in [2.75, 3.05) is 52.4 Å². The maximum Gasteiger partial charge on any atom is 0.321 e. The molecule has 0 aliphatic carbocycles. The highest BCUT2D eigenvalue weighted by Crippen LogP contribution is 2.39. The molecule has 0 aromatic heterocycles. The molecule has 1 unspecified atom stereocenters. The number of thiol groups is 1. The predicted molar refractivity (Wildman–Crippen MR) is 153 cm³/mol. The van der Waals surface area contributed by atoms with Gasteiger partial charge in [0.05, 0.1) is 13.1 Å². The first-order valence-corrected chi connectivity index (χ1v) is 13.9. The molecule has 0 radical (unpaired) electrons. The summed E-state index contributed by atoms with van der Waals surface area (Å²) >= 11 is 4.60. The van der Waals surface area contributed by atoms with E-state index >= 15 is 0 Å². The monoisotopic (exact) mass is 574 g/mol. The number of carboxylic acid groups (broad SMARTS) is 3. The minimum absolute atomic E-state index is 0.174. The third-order valence-electron chi connectivity index (χ3n) is 7.04. The van der Waals surface area contributed by atoms with Crippen LogP contribution in [0.1, 0.15) is 68.2 Å². The van der Waals surface area contributed by atoms with Crippen molar-refractivity contribution < 1.29 is 34.5 Å². The summed E-state index contributed by atoms with van der Waals surface area (Å²) in [7, 11) is 0. The molecule has 39 heavy (non-hydrogen) atoms. The van der Waals surface area contributed by atoms with Crippen LogP contribution in [-0.4, -0.2) is 123 Å². The number of nitrogens with one attached hydrogen (secondary N) is 1. The van der Waals surface area contributed by atoms with Crippen LogP contribution < -0.4 is 5.32 Å². The molecule has 1 fully saturated rings. The Hall–Kier alpha value is -1.89. The molecular weight excluding hydrogens is 524 g/mol. The summed E-state index contributed by atoms with van der Waals surface area (Å²) in [5, 5.41) is 32.2. The number of aliphatic carboxylic acids is 3. The lowest BCUT2D eigenvalue weighted by Gasteiger charge is -2.44. The summed E-state index contributed by atoms with van der Waals surface area (Å²) in [6.07, 6.45) is 0.914. The lowest BCUT2D eigenvalue weighted by atomic mass is 9.69. The Balaban J connectivity index is 3.21. The average Bonchev–Trinajstić information content (AvgIpc) is 2.76. The Bertz CT molecular complexity index is 858. The molecule has 1 heterocycles. The maximum atomic E-state index is 13.4. The molecule has 1 amide bonds. The van der Waals surface area contributed by atoms with Crippen LogP contribution in [0.3, 0.4) is 0 Å². The molecule has 0 aromatic rings. The number of carbonyl (C=O) groups is 4. The molecule has 12 heteroatoms. The number of hydrogen-bond acceptors (Lipinski definition) is 8. The van der Waals surface area contributed by atoms with Crippen molar-refractivity contribution in [1.29, 1.82) is 0 Å². The van der Waals surface area contributed by atoms with E-state index in [4.69, 9.17) is 0 Å². The Kier molecular flexibility index (Phi) is 12.3. The van der Waals surface area contributed by atoms with E-state index in [2.05, 4.69) is 17.9 Å². The lowest BCUT2D eigenvalue weighted by Crippen LogP contribution is -2.56. The number of nitrogens with zero attached hydrogens (tertiary/aromatic N) is 3. The van der Waals surface area contributed by atoms with E-state index < -0.39 is 40.3 Å². The van der Waals surface area contributed by atoms with Crippen LogP contribution in [0.15, 0.2) is 0 Å². The number of carboxylic acids is 3. The van der Waals surface area contributed by atoms with Crippen LogP contribution in [0.4, 0.5) is 0 Å². The van der Waals surface area contributed by atoms with Gasteiger partial charge in [-0.3, -0.25) is 33.9 Å². The zero-order valence-electron chi connectivity index (χ0n) is 24.9. The van der Waals surface area contributed by atoms with Gasteiger partial charge in [0.2, 0.25) is 5.91 Å². The molecule has 1 atom stereocenters. The van der Waals surface area contributed by atoms with Crippen LogP contribution in [0.5, 0.6) is 0 Å². The summed E-state index contributed by atoms with van der Waals surface area (Å²) in [5.74, 6) is -3.22. The van der Waals surface area contributed by atoms with Crippen molar-refractivity contribution >= 4 is 36.4 Å². The summed E-state index contributed by atoms with van der Waals surface area (Å²) in [6.45, 7) is 16.7. The molecule has 226 valence electrons. The van der Waals surface area contributed by atoms with Crippen LogP contribution in [0.25, 0.3) is 0 Å². The van der Waals surface area contributed by atoms with Gasteiger partial charge in [0.1, 0.15) is 6.04 Å². The van der Waals surface area contributed by atoms with Crippen LogP contribution in [0.2, 0.25) is 0 Å². The second-order valence-electron chi connectivity index (χ2n) is 13.5. The molecule has 0 saturated carbocycles. The van der Waals surface area contributed by atoms with Gasteiger partial charge in [-0.15, -0.1) is 0 Å². The smallest absolute Gasteiger partial charge is 0.321 e. The topological polar surface area (TPSA) is 151 Å². The maximum absolute atomic E-state index is 13.4. The van der Waals surface area contributed by atoms with Gasteiger partial charge in [0.25, 0.3) is 0 Å². The van der Waals surface area contributed by atoms with Crippen molar-refractivity contribution in [3.05, 3.63) is 0 Å². The van der Waals surface area contributed by atoms with E-state index in [1.807, 2.05) is 55.4 Å². The van der Waals surface area contributed by atoms with Gasteiger partial charge < -0.3 is 20.6 Å². The number of rotatable bonds is 13. The average molecular weight is 575 g/mol. The molecule has 11 nitrogen and oxygen atoms in total. The van der Waals surface area contributed by atoms with Crippen molar-refractivity contribution in [2.24, 2.45) is 10.8 Å². The molecule has 1 rings (SSSR count). The van der Waals surface area contributed by atoms with E-state index in [1.54, 1.807) is 14.7 Å². The normalized spacial score (nSPS) is 18.5. The Morgan fingerprint density at radius 2 is 1.15 bits per heavy atom. The summed E-state index contributed by atoms with van der Waals surface area (Å²) in [5.41, 5.74) is -2.26. The Labute approximate surface area is 238 Å². The number of carbonyl (C=O) groups excluding carboxylic acids is 1. The van der Waals surface area contributed by atoms with E-state index in [0.29, 0.717) is 45.7 Å². The molecule has 0 spiro atoms. The van der Waals surface area contributed by atoms with E-state index in [-0.39, 0.29) is 30.2 Å². The SMILES string of the molecule is CC(C)(S)CC(C)(C)NC(=O)C(C)(C)CC(C)(C)C(C(=O)O)N1CCN(CC(=O)O)CCN(CC(=O)O)CC1. The zero-order valence-corrected chi connectivity index (χ0v) is 25.8. The van der Waals surface area contributed by atoms with Crippen LogP contribution in [-0.2, 0) is 19.2 Å². The third kappa shape index (κ3) is 12.4. The first kappa shape index (κ1) is 35.1. The zero-order chi connectivity index (χ0) is 30.4. The molecule has 1 aliphatic rings. The van der Waals surface area contributed by atoms with E-state index in [9.17, 15) is 34.5 Å². The van der Waals surface area contributed by atoms with Crippen molar-refractivity contribution in [1.82, 2.24) is 20.0 Å². The largest absolute Gasteiger partial charge is 0.480 e. The highest BCUT2D eigenvalue weighted by molar-refractivity contribution is 7.81. The third-order valence-corrected chi connectivity index (χ3v) is 7.19. The standard InChI is InChI=1S/C27H50N4O7S/c1-24(2,17-25(3,4)23(38)28-26(5,6)18-27(7,8)39)21(22(36)37)31-13-11-29(15-19(32)33)9-10-30(12-14-31)16-20(34)35/h21,39H,9-18H2,1-8H3,(H,28,38)(H,32,33)(H,34,35)(H,36,37). The minimum atomic E-state index is -1.04. The number of hydrogen-bond donors (Lipinski definition) is 5. The van der Waals surface area contributed by atoms with Gasteiger partial charge in [0.15, 0.2) is 0 Å². The molecule has 0 aromatic carbocycles. The predicted octanol–water partition coefficient (Wildman–Crippen LogP) is 1.96. The number of amides is 1. The Morgan fingerprint density at radius 1 is 0.744 bits per heavy atom. The van der Waals surface area contributed by atoms with Crippen LogP contribution in [0, 0.1) is 10.8 Å². The first-order chi connectivity index (χ1) is 17.5. The van der Waals surface area contributed by atoms with Crippen molar-refractivity contribution in [3.8, 4) is 0 Å². The quantitative estimate of drug-likeness (QED) is 0.207. The second-order valence-corrected chi connectivity index (χ2v) is 14.7. The highest BCUT2D eigenvalue weighted by Gasteiger charge is 2.46. The summed E-state index contributed by atoms with van der Waals surface area (Å²) in [6, 6.07) is -0.981. The van der Waals surface area contributed by atoms with Gasteiger partial charge >= 0.3 is 17.9 Å². The van der Waals surface area contributed by atoms with Crippen LogP contribution >= 0.6 is 12.6 Å². The van der Waals surface area contributed by atoms with Gasteiger partial charge in [0, 0.05) is 55.0 Å². The molecule has 0 bridgehead atoms. The first-order valence-electron chi connectivity index (χ1n) is 13.4. The van der Waals surface area contributed by atoms with Gasteiger partial charge in [-0.25, -0.2) is 0 Å². The second kappa shape index (κ2) is 13.6. The lowest BCUT2D eigenvalue weighted by molar-refractivity contribution is -0.151. The Morgan fingerprint density at radius 3 is 1.51 bits per heavy atom. The summed E-state index contributed by atoms with van der Waals surface area (Å²) in [4.78, 5) is 54.1.